The summed E-state index contributed by atoms with van der Waals surface area (Å²) in [4.78, 5) is 45.0. The zero-order valence-corrected chi connectivity index (χ0v) is 22.5. The van der Waals surface area contributed by atoms with Crippen LogP contribution in [0.25, 0.3) is 10.9 Å². The van der Waals surface area contributed by atoms with Gasteiger partial charge in [-0.3, -0.25) is 19.4 Å². The van der Waals surface area contributed by atoms with Gasteiger partial charge in [0.05, 0.1) is 5.54 Å². The van der Waals surface area contributed by atoms with E-state index in [9.17, 15) is 14.4 Å². The molecule has 0 aliphatic heterocycles. The van der Waals surface area contributed by atoms with Gasteiger partial charge in [0.25, 0.3) is 5.91 Å². The summed E-state index contributed by atoms with van der Waals surface area (Å²) < 4.78 is 0. The van der Waals surface area contributed by atoms with Crippen molar-refractivity contribution in [2.75, 3.05) is 28.2 Å². The molecule has 2 atom stereocenters. The summed E-state index contributed by atoms with van der Waals surface area (Å²) in [7, 11) is 6.81. The Morgan fingerprint density at radius 2 is 1.54 bits per heavy atom. The fraction of sp³-hybridized carbons (Fsp3) is 0.393. The highest BCUT2D eigenvalue weighted by Crippen LogP contribution is 2.21. The number of aromatic nitrogens is 1. The number of rotatable bonds is 10. The molecule has 0 bridgehead atoms. The van der Waals surface area contributed by atoms with Crippen molar-refractivity contribution >= 4 is 28.6 Å². The van der Waals surface area contributed by atoms with Gasteiger partial charge in [-0.1, -0.05) is 48.5 Å². The van der Waals surface area contributed by atoms with Crippen LogP contribution in [0.15, 0.2) is 60.8 Å². The van der Waals surface area contributed by atoms with Gasteiger partial charge in [0.1, 0.15) is 12.1 Å². The van der Waals surface area contributed by atoms with E-state index in [2.05, 4.69) is 10.3 Å². The maximum atomic E-state index is 14.0. The van der Waals surface area contributed by atoms with Crippen molar-refractivity contribution in [3.8, 4) is 0 Å². The molecule has 9 heteroatoms. The lowest BCUT2D eigenvalue weighted by Crippen LogP contribution is -2.60. The smallest absolute Gasteiger partial charge is 0.259 e. The molecule has 3 rings (SSSR count). The van der Waals surface area contributed by atoms with E-state index >= 15 is 0 Å². The Labute approximate surface area is 218 Å². The second-order valence-electron chi connectivity index (χ2n) is 10.2. The SMILES string of the molecule is CN(C(=O)[C@@H](Cc1c[nH]c2ccccc12)NC(=O)C(C)(C)N)[C@H](Cc1ccccc1)C(=O)N(C)N(C)C. The zero-order chi connectivity index (χ0) is 27.3. The van der Waals surface area contributed by atoms with Crippen LogP contribution in [0.2, 0.25) is 0 Å². The number of benzene rings is 2. The van der Waals surface area contributed by atoms with E-state index in [0.29, 0.717) is 6.42 Å². The topological polar surface area (TPSA) is 115 Å². The van der Waals surface area contributed by atoms with E-state index in [1.165, 1.54) is 9.91 Å². The van der Waals surface area contributed by atoms with Crippen molar-refractivity contribution in [2.24, 2.45) is 5.73 Å². The molecule has 2 aromatic carbocycles. The van der Waals surface area contributed by atoms with Crippen LogP contribution in [-0.2, 0) is 27.2 Å². The first-order valence-electron chi connectivity index (χ1n) is 12.3. The zero-order valence-electron chi connectivity index (χ0n) is 22.5. The Balaban J connectivity index is 1.96. The highest BCUT2D eigenvalue weighted by atomic mass is 16.2. The predicted octanol–water partition coefficient (Wildman–Crippen LogP) is 1.94. The van der Waals surface area contributed by atoms with Gasteiger partial charge in [-0.2, -0.15) is 0 Å². The van der Waals surface area contributed by atoms with Gasteiger partial charge in [0.15, 0.2) is 0 Å². The Morgan fingerprint density at radius 1 is 0.919 bits per heavy atom. The minimum Gasteiger partial charge on any atom is -0.361 e. The maximum absolute atomic E-state index is 14.0. The van der Waals surface area contributed by atoms with Crippen LogP contribution in [0.4, 0.5) is 0 Å². The molecular formula is C28H38N6O3. The van der Waals surface area contributed by atoms with E-state index in [0.717, 1.165) is 22.0 Å². The van der Waals surface area contributed by atoms with Crippen molar-refractivity contribution in [3.63, 3.8) is 0 Å². The van der Waals surface area contributed by atoms with E-state index in [-0.39, 0.29) is 18.2 Å². The third-order valence-electron chi connectivity index (χ3n) is 6.58. The first kappa shape index (κ1) is 27.9. The summed E-state index contributed by atoms with van der Waals surface area (Å²) in [5.74, 6) is -1.05. The van der Waals surface area contributed by atoms with Gasteiger partial charge in [-0.25, -0.2) is 5.01 Å². The van der Waals surface area contributed by atoms with Gasteiger partial charge in [0, 0.05) is 58.1 Å². The Hall–Kier alpha value is -3.69. The minimum absolute atomic E-state index is 0.235. The molecule has 37 heavy (non-hydrogen) atoms. The Kier molecular flexibility index (Phi) is 8.73. The molecule has 0 aliphatic rings. The van der Waals surface area contributed by atoms with Gasteiger partial charge in [-0.05, 0) is 31.0 Å². The number of para-hydroxylation sites is 1. The number of carbonyl (C=O) groups is 3. The number of H-pyrrole nitrogens is 1. The summed E-state index contributed by atoms with van der Waals surface area (Å²) in [5, 5.41) is 6.96. The van der Waals surface area contributed by atoms with E-state index in [1.54, 1.807) is 47.0 Å². The summed E-state index contributed by atoms with van der Waals surface area (Å²) in [6, 6.07) is 15.6. The van der Waals surface area contributed by atoms with Crippen LogP contribution in [0.3, 0.4) is 0 Å². The summed E-state index contributed by atoms with van der Waals surface area (Å²) in [5.41, 5.74) is 7.61. The molecule has 0 aliphatic carbocycles. The number of likely N-dealkylation sites (N-methyl/N-ethyl adjacent to an activating group) is 2. The van der Waals surface area contributed by atoms with Crippen LogP contribution in [-0.4, -0.2) is 83.4 Å². The number of nitrogens with one attached hydrogen (secondary N) is 2. The molecule has 3 amide bonds. The fourth-order valence-corrected chi connectivity index (χ4v) is 4.10. The fourth-order valence-electron chi connectivity index (χ4n) is 4.10. The first-order chi connectivity index (χ1) is 17.4. The van der Waals surface area contributed by atoms with Crippen LogP contribution >= 0.6 is 0 Å². The van der Waals surface area contributed by atoms with Crippen LogP contribution in [0, 0.1) is 0 Å². The molecule has 198 valence electrons. The van der Waals surface area contributed by atoms with Crippen molar-refractivity contribution in [2.45, 2.75) is 44.3 Å². The molecular weight excluding hydrogens is 468 g/mol. The molecule has 0 saturated heterocycles. The first-order valence-corrected chi connectivity index (χ1v) is 12.3. The second-order valence-corrected chi connectivity index (χ2v) is 10.2. The highest BCUT2D eigenvalue weighted by Gasteiger charge is 2.36. The van der Waals surface area contributed by atoms with Crippen molar-refractivity contribution in [3.05, 3.63) is 71.9 Å². The third-order valence-corrected chi connectivity index (χ3v) is 6.58. The van der Waals surface area contributed by atoms with Gasteiger partial charge < -0.3 is 20.9 Å². The van der Waals surface area contributed by atoms with E-state index in [1.807, 2.05) is 60.8 Å². The predicted molar refractivity (Wildman–Crippen MR) is 145 cm³/mol. The van der Waals surface area contributed by atoms with Crippen molar-refractivity contribution in [1.29, 1.82) is 0 Å². The summed E-state index contributed by atoms with van der Waals surface area (Å²) in [6.07, 6.45) is 2.41. The maximum Gasteiger partial charge on any atom is 0.259 e. The number of hydrazine groups is 1. The summed E-state index contributed by atoms with van der Waals surface area (Å²) in [6.45, 7) is 3.18. The number of hydrogen-bond acceptors (Lipinski definition) is 5. The number of fused-ring (bicyclic) bond motifs is 1. The third kappa shape index (κ3) is 6.75. The van der Waals surface area contributed by atoms with Crippen molar-refractivity contribution in [1.82, 2.24) is 25.2 Å². The van der Waals surface area contributed by atoms with Gasteiger partial charge >= 0.3 is 0 Å². The number of carbonyl (C=O) groups excluding carboxylic acids is 3. The second kappa shape index (κ2) is 11.6. The van der Waals surface area contributed by atoms with Gasteiger partial charge in [-0.15, -0.1) is 0 Å². The molecule has 3 aromatic rings. The largest absolute Gasteiger partial charge is 0.361 e. The normalized spacial score (nSPS) is 13.3. The lowest BCUT2D eigenvalue weighted by Gasteiger charge is -2.35. The van der Waals surface area contributed by atoms with Crippen molar-refractivity contribution < 1.29 is 14.4 Å². The number of nitrogens with two attached hydrogens (primary N) is 1. The van der Waals surface area contributed by atoms with Crippen LogP contribution in [0.1, 0.15) is 25.0 Å². The lowest BCUT2D eigenvalue weighted by molar-refractivity contribution is -0.153. The quantitative estimate of drug-likeness (QED) is 0.364. The molecule has 9 nitrogen and oxygen atoms in total. The van der Waals surface area contributed by atoms with Crippen LogP contribution in [0.5, 0.6) is 0 Å². The average Bonchev–Trinajstić information content (AvgIpc) is 3.27. The van der Waals surface area contributed by atoms with E-state index in [4.69, 9.17) is 5.73 Å². The highest BCUT2D eigenvalue weighted by molar-refractivity contribution is 5.94. The Morgan fingerprint density at radius 3 is 2.16 bits per heavy atom. The molecule has 0 radical (unpaired) electrons. The molecule has 0 unspecified atom stereocenters. The van der Waals surface area contributed by atoms with Gasteiger partial charge in [0.2, 0.25) is 11.8 Å². The number of aromatic amines is 1. The molecule has 1 aromatic heterocycles. The number of nitrogens with zero attached hydrogens (tertiary/aromatic N) is 3. The molecule has 0 spiro atoms. The molecule has 0 saturated carbocycles. The molecule has 4 N–H and O–H groups in total. The minimum atomic E-state index is -1.18. The van der Waals surface area contributed by atoms with Crippen LogP contribution < -0.4 is 11.1 Å². The van der Waals surface area contributed by atoms with E-state index < -0.39 is 23.5 Å². The molecule has 1 heterocycles. The number of hydrogen-bond donors (Lipinski definition) is 3. The average molecular weight is 507 g/mol. The Bertz CT molecular complexity index is 1230. The standard InChI is InChI=1S/C28H38N6O3/c1-28(2,29)27(37)31-23(17-20-18-30-22-15-11-10-14-21(20)22)25(35)33(5)24(26(36)34(6)32(3)4)16-19-12-8-7-9-13-19/h7-15,18,23-24,30H,16-17,29H2,1-6H3,(H,31,37)/t23-,24-/m1/s1. The monoisotopic (exact) mass is 506 g/mol. The lowest BCUT2D eigenvalue weighted by atomic mass is 9.99. The summed E-state index contributed by atoms with van der Waals surface area (Å²) >= 11 is 0. The number of amides is 3. The molecule has 0 fully saturated rings.